The second-order valence-corrected chi connectivity index (χ2v) is 9.43. The molecule has 160 valence electrons. The van der Waals surface area contributed by atoms with E-state index in [1.54, 1.807) is 23.7 Å². The number of likely N-dealkylation sites (tertiary alicyclic amines) is 1. The number of rotatable bonds is 2. The monoisotopic (exact) mass is 435 g/mol. The lowest BCUT2D eigenvalue weighted by atomic mass is 9.82. The highest BCUT2D eigenvalue weighted by Crippen LogP contribution is 2.46. The summed E-state index contributed by atoms with van der Waals surface area (Å²) in [6.07, 6.45) is 5.80. The van der Waals surface area contributed by atoms with Crippen LogP contribution in [0.1, 0.15) is 45.0 Å². The molecule has 3 aromatic rings. The van der Waals surface area contributed by atoms with Gasteiger partial charge in [0.25, 0.3) is 5.91 Å². The predicted molar refractivity (Wildman–Crippen MR) is 120 cm³/mol. The first-order valence-electron chi connectivity index (χ1n) is 10.5. The van der Waals surface area contributed by atoms with Gasteiger partial charge in [-0.15, -0.1) is 11.3 Å². The van der Waals surface area contributed by atoms with E-state index in [9.17, 15) is 4.79 Å². The van der Waals surface area contributed by atoms with Gasteiger partial charge in [0.2, 0.25) is 0 Å². The number of carbonyl (C=O) groups is 1. The van der Waals surface area contributed by atoms with Gasteiger partial charge in [-0.3, -0.25) is 9.78 Å². The minimum atomic E-state index is -0.329. The molecule has 5 rings (SSSR count). The number of fused-ring (bicyclic) bond motifs is 2. The van der Waals surface area contributed by atoms with Crippen LogP contribution in [0.4, 0.5) is 5.82 Å². The fourth-order valence-electron chi connectivity index (χ4n) is 4.63. The molecule has 0 aromatic carbocycles. The lowest BCUT2D eigenvalue weighted by Gasteiger charge is -2.44. The van der Waals surface area contributed by atoms with E-state index in [4.69, 9.17) is 10.5 Å². The number of aromatic nitrogens is 3. The number of ether oxygens (including phenoxy) is 1. The number of hydrogen-bond donors (Lipinski definition) is 1. The first-order valence-corrected chi connectivity index (χ1v) is 11.3. The number of piperidine rings is 1. The molecule has 0 saturated carbocycles. The van der Waals surface area contributed by atoms with Crippen molar-refractivity contribution >= 4 is 23.1 Å². The van der Waals surface area contributed by atoms with E-state index in [1.807, 2.05) is 30.9 Å². The van der Waals surface area contributed by atoms with Crippen molar-refractivity contribution < 1.29 is 9.53 Å². The largest absolute Gasteiger partial charge is 0.382 e. The molecule has 31 heavy (non-hydrogen) atoms. The number of pyridine rings is 1. The first kappa shape index (κ1) is 20.1. The Labute approximate surface area is 185 Å². The van der Waals surface area contributed by atoms with Crippen LogP contribution in [0.15, 0.2) is 30.6 Å². The van der Waals surface area contributed by atoms with E-state index < -0.39 is 0 Å². The van der Waals surface area contributed by atoms with Gasteiger partial charge >= 0.3 is 0 Å². The van der Waals surface area contributed by atoms with E-state index in [0.29, 0.717) is 31.1 Å². The average Bonchev–Trinajstić information content (AvgIpc) is 3.20. The Morgan fingerprint density at radius 3 is 2.55 bits per heavy atom. The number of carbonyl (C=O) groups excluding carboxylic acids is 1. The van der Waals surface area contributed by atoms with Gasteiger partial charge in [0.15, 0.2) is 0 Å². The number of aryl methyl sites for hydroxylation is 2. The lowest BCUT2D eigenvalue weighted by molar-refractivity contribution is -0.0926. The minimum Gasteiger partial charge on any atom is -0.382 e. The Bertz CT molecular complexity index is 1110. The number of nitrogens with two attached hydrogens (primary N) is 1. The summed E-state index contributed by atoms with van der Waals surface area (Å²) in [6, 6.07) is 5.94. The summed E-state index contributed by atoms with van der Waals surface area (Å²) in [6.45, 7) is 5.89. The van der Waals surface area contributed by atoms with Gasteiger partial charge in [0, 0.05) is 41.3 Å². The lowest BCUT2D eigenvalue weighted by Crippen LogP contribution is -2.48. The summed E-state index contributed by atoms with van der Waals surface area (Å²) < 4.78 is 6.38. The van der Waals surface area contributed by atoms with Crippen molar-refractivity contribution in [3.8, 4) is 10.6 Å². The van der Waals surface area contributed by atoms with Gasteiger partial charge in [-0.05, 0) is 50.5 Å². The number of nitrogen functional groups attached to an aromatic ring is 1. The highest BCUT2D eigenvalue weighted by molar-refractivity contribution is 7.15. The van der Waals surface area contributed by atoms with Gasteiger partial charge in [-0.25, -0.2) is 9.97 Å². The van der Waals surface area contributed by atoms with Crippen LogP contribution in [0.5, 0.6) is 0 Å². The third kappa shape index (κ3) is 3.70. The number of hydrogen-bond acceptors (Lipinski definition) is 7. The van der Waals surface area contributed by atoms with Crippen molar-refractivity contribution in [3.63, 3.8) is 0 Å². The summed E-state index contributed by atoms with van der Waals surface area (Å²) in [5.74, 6) is 0.490. The standard InChI is InChI=1S/C23H25N5O2S/c1-14-9-16(10-15(2)27-14)22(29)28-6-4-23(5-7-28)17-11-20(31-19(17)3-8-30-23)18-12-26-21(24)13-25-18/h9-13H,3-8H2,1-2H3,(H2,24,26). The van der Waals surface area contributed by atoms with Crippen LogP contribution in [0.25, 0.3) is 10.6 Å². The van der Waals surface area contributed by atoms with Crippen LogP contribution in [-0.4, -0.2) is 45.5 Å². The third-order valence-corrected chi connectivity index (χ3v) is 7.34. The second-order valence-electron chi connectivity index (χ2n) is 8.30. The zero-order valence-corrected chi connectivity index (χ0v) is 18.5. The van der Waals surface area contributed by atoms with Crippen LogP contribution in [0, 0.1) is 13.8 Å². The predicted octanol–water partition coefficient (Wildman–Crippen LogP) is 3.50. The van der Waals surface area contributed by atoms with Gasteiger partial charge < -0.3 is 15.4 Å². The van der Waals surface area contributed by atoms with E-state index in [1.165, 1.54) is 10.4 Å². The fourth-order valence-corrected chi connectivity index (χ4v) is 5.83. The second kappa shape index (κ2) is 7.69. The summed E-state index contributed by atoms with van der Waals surface area (Å²) in [7, 11) is 0. The molecule has 0 aliphatic carbocycles. The van der Waals surface area contributed by atoms with Crippen molar-refractivity contribution in [2.45, 2.75) is 38.7 Å². The van der Waals surface area contributed by atoms with Crippen molar-refractivity contribution in [2.75, 3.05) is 25.4 Å². The van der Waals surface area contributed by atoms with E-state index >= 15 is 0 Å². The van der Waals surface area contributed by atoms with Crippen molar-refractivity contribution in [3.05, 3.63) is 58.0 Å². The van der Waals surface area contributed by atoms with E-state index in [0.717, 1.165) is 41.2 Å². The summed E-state index contributed by atoms with van der Waals surface area (Å²) >= 11 is 1.76. The molecule has 1 amide bonds. The molecule has 1 saturated heterocycles. The SMILES string of the molecule is Cc1cc(C(=O)N2CCC3(CC2)OCCc2sc(-c4cnc(N)cn4)cc23)cc(C)n1. The van der Waals surface area contributed by atoms with Crippen LogP contribution < -0.4 is 5.73 Å². The Balaban J connectivity index is 1.37. The van der Waals surface area contributed by atoms with Crippen LogP contribution >= 0.6 is 11.3 Å². The molecule has 8 heteroatoms. The Kier molecular flexibility index (Phi) is 4.98. The summed E-state index contributed by atoms with van der Waals surface area (Å²) in [5, 5.41) is 0. The van der Waals surface area contributed by atoms with Gasteiger partial charge in [-0.2, -0.15) is 0 Å². The van der Waals surface area contributed by atoms with Gasteiger partial charge in [0.05, 0.1) is 35.2 Å². The molecule has 1 spiro atoms. The molecule has 2 N–H and O–H groups in total. The molecule has 1 fully saturated rings. The molecule has 2 aliphatic rings. The first-order chi connectivity index (χ1) is 14.9. The van der Waals surface area contributed by atoms with Crippen LogP contribution in [0.3, 0.4) is 0 Å². The maximum atomic E-state index is 13.1. The molecule has 3 aromatic heterocycles. The number of amides is 1. The summed E-state index contributed by atoms with van der Waals surface area (Å²) in [5.41, 5.74) is 9.89. The smallest absolute Gasteiger partial charge is 0.253 e. The maximum Gasteiger partial charge on any atom is 0.253 e. The average molecular weight is 436 g/mol. The molecule has 7 nitrogen and oxygen atoms in total. The minimum absolute atomic E-state index is 0.0719. The van der Waals surface area contributed by atoms with E-state index in [2.05, 4.69) is 21.0 Å². The maximum absolute atomic E-state index is 13.1. The van der Waals surface area contributed by atoms with Crippen molar-refractivity contribution in [2.24, 2.45) is 0 Å². The fraction of sp³-hybridized carbons (Fsp3) is 0.391. The molecule has 0 radical (unpaired) electrons. The number of anilines is 1. The molecule has 2 aliphatic heterocycles. The molecule has 0 atom stereocenters. The Hall–Kier alpha value is -2.84. The Morgan fingerprint density at radius 1 is 1.13 bits per heavy atom. The topological polar surface area (TPSA) is 94.2 Å². The van der Waals surface area contributed by atoms with Gasteiger partial charge in [0.1, 0.15) is 5.82 Å². The Morgan fingerprint density at radius 2 is 1.87 bits per heavy atom. The molecule has 0 bridgehead atoms. The molecule has 0 unspecified atom stereocenters. The number of thiophene rings is 1. The zero-order valence-electron chi connectivity index (χ0n) is 17.7. The third-order valence-electron chi connectivity index (χ3n) is 6.12. The molecule has 5 heterocycles. The van der Waals surface area contributed by atoms with Crippen molar-refractivity contribution in [1.82, 2.24) is 19.9 Å². The van der Waals surface area contributed by atoms with Gasteiger partial charge in [-0.1, -0.05) is 0 Å². The van der Waals surface area contributed by atoms with Crippen LogP contribution in [-0.2, 0) is 16.8 Å². The molecular formula is C23H25N5O2S. The molecular weight excluding hydrogens is 410 g/mol. The van der Waals surface area contributed by atoms with Crippen molar-refractivity contribution in [1.29, 1.82) is 0 Å². The number of nitrogens with zero attached hydrogens (tertiary/aromatic N) is 4. The van der Waals surface area contributed by atoms with E-state index in [-0.39, 0.29) is 11.5 Å². The highest BCUT2D eigenvalue weighted by atomic mass is 32.1. The zero-order chi connectivity index (χ0) is 21.6. The normalized spacial score (nSPS) is 17.5. The quantitative estimate of drug-likeness (QED) is 0.662. The van der Waals surface area contributed by atoms with Crippen LogP contribution in [0.2, 0.25) is 0 Å². The highest BCUT2D eigenvalue weighted by Gasteiger charge is 2.43. The summed E-state index contributed by atoms with van der Waals surface area (Å²) in [4.78, 5) is 30.4.